The molecule has 1 amide bonds. The predicted octanol–water partition coefficient (Wildman–Crippen LogP) is 0.695. The third-order valence-corrected chi connectivity index (χ3v) is 3.36. The summed E-state index contributed by atoms with van der Waals surface area (Å²) in [5.41, 5.74) is 0.663. The highest BCUT2D eigenvalue weighted by atomic mass is 16.2. The van der Waals surface area contributed by atoms with Crippen LogP contribution in [-0.2, 0) is 0 Å². The molecule has 0 spiro atoms. The zero-order valence-corrected chi connectivity index (χ0v) is 9.85. The normalized spacial score (nSPS) is 16.2. The summed E-state index contributed by atoms with van der Waals surface area (Å²) in [6.45, 7) is 0. The van der Waals surface area contributed by atoms with Crippen molar-refractivity contribution in [1.82, 2.24) is 19.9 Å². The first-order valence-electron chi connectivity index (χ1n) is 6.12. The van der Waals surface area contributed by atoms with Crippen LogP contribution >= 0.6 is 0 Å². The molecule has 0 aliphatic heterocycles. The van der Waals surface area contributed by atoms with Gasteiger partial charge in [-0.15, -0.1) is 0 Å². The summed E-state index contributed by atoms with van der Waals surface area (Å²) in [4.78, 5) is 23.4. The van der Waals surface area contributed by atoms with Crippen LogP contribution < -0.4 is 11.0 Å². The van der Waals surface area contributed by atoms with Crippen molar-refractivity contribution >= 4 is 11.6 Å². The molecular weight excluding hydrogens is 232 g/mol. The number of pyridine rings is 1. The van der Waals surface area contributed by atoms with E-state index in [0.29, 0.717) is 11.2 Å². The van der Waals surface area contributed by atoms with E-state index in [2.05, 4.69) is 15.5 Å². The highest BCUT2D eigenvalue weighted by molar-refractivity contribution is 5.94. The third kappa shape index (κ3) is 1.90. The zero-order chi connectivity index (χ0) is 12.5. The van der Waals surface area contributed by atoms with Crippen molar-refractivity contribution in [3.63, 3.8) is 0 Å². The minimum absolute atomic E-state index is 0.128. The summed E-state index contributed by atoms with van der Waals surface area (Å²) in [5, 5.41) is 9.14. The van der Waals surface area contributed by atoms with E-state index in [1.807, 2.05) is 0 Å². The number of nitrogens with zero attached hydrogens (tertiary/aromatic N) is 2. The maximum Gasteiger partial charge on any atom is 0.347 e. The SMILES string of the molecule is O=C(NC1CCCC1)c1ccc2n[nH]c(=O)n2c1. The number of carbonyl (C=O) groups excluding carboxylic acids is 1. The van der Waals surface area contributed by atoms with Crippen LogP contribution in [0.5, 0.6) is 0 Å². The van der Waals surface area contributed by atoms with Gasteiger partial charge in [0.1, 0.15) is 0 Å². The number of nitrogens with one attached hydrogen (secondary N) is 2. The Kier molecular flexibility index (Phi) is 2.62. The Hall–Kier alpha value is -2.11. The quantitative estimate of drug-likeness (QED) is 0.818. The van der Waals surface area contributed by atoms with Crippen molar-refractivity contribution in [2.75, 3.05) is 0 Å². The molecule has 0 atom stereocenters. The molecule has 1 aliphatic rings. The molecule has 1 fully saturated rings. The molecule has 0 radical (unpaired) electrons. The number of amides is 1. The van der Waals surface area contributed by atoms with Crippen molar-refractivity contribution in [3.8, 4) is 0 Å². The van der Waals surface area contributed by atoms with Crippen LogP contribution in [0.4, 0.5) is 0 Å². The van der Waals surface area contributed by atoms with Gasteiger partial charge >= 0.3 is 5.69 Å². The van der Waals surface area contributed by atoms with Gasteiger partial charge in [-0.3, -0.25) is 4.79 Å². The zero-order valence-electron chi connectivity index (χ0n) is 9.85. The number of fused-ring (bicyclic) bond motifs is 1. The van der Waals surface area contributed by atoms with Gasteiger partial charge in [0.05, 0.1) is 5.56 Å². The van der Waals surface area contributed by atoms with E-state index in [1.165, 1.54) is 23.4 Å². The summed E-state index contributed by atoms with van der Waals surface area (Å²) in [7, 11) is 0. The van der Waals surface area contributed by atoms with Crippen molar-refractivity contribution < 1.29 is 4.79 Å². The lowest BCUT2D eigenvalue weighted by Crippen LogP contribution is -2.32. The lowest BCUT2D eigenvalue weighted by molar-refractivity contribution is 0.0937. The molecule has 18 heavy (non-hydrogen) atoms. The molecule has 94 valence electrons. The van der Waals surface area contributed by atoms with Crippen molar-refractivity contribution in [3.05, 3.63) is 34.4 Å². The van der Waals surface area contributed by atoms with Crippen LogP contribution in [0.15, 0.2) is 23.1 Å². The standard InChI is InChI=1S/C12H14N4O2/c17-11(13-9-3-1-2-4-9)8-5-6-10-14-15-12(18)16(10)7-8/h5-7,9H,1-4H2,(H,13,17)(H,15,18). The molecule has 0 bridgehead atoms. The van der Waals surface area contributed by atoms with Crippen LogP contribution in [0.3, 0.4) is 0 Å². The molecule has 3 rings (SSSR count). The highest BCUT2D eigenvalue weighted by Crippen LogP contribution is 2.18. The van der Waals surface area contributed by atoms with Crippen LogP contribution in [0.2, 0.25) is 0 Å². The minimum atomic E-state index is -0.333. The number of rotatable bonds is 2. The molecule has 6 heteroatoms. The van der Waals surface area contributed by atoms with Gasteiger partial charge in [0.15, 0.2) is 5.65 Å². The fourth-order valence-electron chi connectivity index (χ4n) is 2.38. The Bertz CT molecular complexity index is 637. The van der Waals surface area contributed by atoms with Crippen LogP contribution in [-0.4, -0.2) is 26.5 Å². The fraction of sp³-hybridized carbons (Fsp3) is 0.417. The molecule has 0 unspecified atom stereocenters. The fourth-order valence-corrected chi connectivity index (χ4v) is 2.38. The Morgan fingerprint density at radius 2 is 2.17 bits per heavy atom. The lowest BCUT2D eigenvalue weighted by atomic mass is 10.2. The first-order valence-corrected chi connectivity index (χ1v) is 6.12. The van der Waals surface area contributed by atoms with Gasteiger partial charge in [0.25, 0.3) is 5.91 Å². The van der Waals surface area contributed by atoms with Gasteiger partial charge in [0.2, 0.25) is 0 Å². The van der Waals surface area contributed by atoms with E-state index in [9.17, 15) is 9.59 Å². The average molecular weight is 246 g/mol. The number of H-pyrrole nitrogens is 1. The first-order chi connectivity index (χ1) is 8.74. The molecule has 2 heterocycles. The maximum absolute atomic E-state index is 12.0. The van der Waals surface area contributed by atoms with Gasteiger partial charge in [-0.25, -0.2) is 14.3 Å². The van der Waals surface area contributed by atoms with Crippen LogP contribution in [0.1, 0.15) is 36.0 Å². The molecule has 6 nitrogen and oxygen atoms in total. The van der Waals surface area contributed by atoms with E-state index in [1.54, 1.807) is 12.1 Å². The van der Waals surface area contributed by atoms with Crippen LogP contribution in [0, 0.1) is 0 Å². The number of hydrogen-bond acceptors (Lipinski definition) is 3. The van der Waals surface area contributed by atoms with Crippen molar-refractivity contribution in [2.45, 2.75) is 31.7 Å². The third-order valence-electron chi connectivity index (χ3n) is 3.36. The average Bonchev–Trinajstić information content (AvgIpc) is 3.00. The Labute approximate surface area is 103 Å². The monoisotopic (exact) mass is 246 g/mol. The van der Waals surface area contributed by atoms with Crippen molar-refractivity contribution in [2.24, 2.45) is 0 Å². The smallest absolute Gasteiger partial charge is 0.347 e. The second-order valence-electron chi connectivity index (χ2n) is 4.63. The number of hydrogen-bond donors (Lipinski definition) is 2. The summed E-state index contributed by atoms with van der Waals surface area (Å²) in [6.07, 6.45) is 5.95. The molecule has 1 aliphatic carbocycles. The van der Waals surface area contributed by atoms with Crippen molar-refractivity contribution in [1.29, 1.82) is 0 Å². The highest BCUT2D eigenvalue weighted by Gasteiger charge is 2.18. The molecule has 0 saturated heterocycles. The second-order valence-corrected chi connectivity index (χ2v) is 4.63. The molecular formula is C12H14N4O2. The molecule has 0 aromatic carbocycles. The summed E-state index contributed by atoms with van der Waals surface area (Å²) in [5.74, 6) is -0.128. The maximum atomic E-state index is 12.0. The lowest BCUT2D eigenvalue weighted by Gasteiger charge is -2.11. The number of aromatic nitrogens is 3. The van der Waals surface area contributed by atoms with E-state index in [0.717, 1.165) is 12.8 Å². The van der Waals surface area contributed by atoms with Gasteiger partial charge in [-0.1, -0.05) is 12.8 Å². The Morgan fingerprint density at radius 3 is 2.94 bits per heavy atom. The summed E-state index contributed by atoms with van der Waals surface area (Å²) in [6, 6.07) is 3.61. The van der Waals surface area contributed by atoms with Crippen LogP contribution in [0.25, 0.3) is 5.65 Å². The summed E-state index contributed by atoms with van der Waals surface area (Å²) < 4.78 is 1.34. The molecule has 1 saturated carbocycles. The van der Waals surface area contributed by atoms with E-state index in [-0.39, 0.29) is 17.6 Å². The summed E-state index contributed by atoms with van der Waals surface area (Å²) >= 11 is 0. The Balaban J connectivity index is 1.86. The second kappa shape index (κ2) is 4.29. The van der Waals surface area contributed by atoms with Gasteiger partial charge < -0.3 is 5.32 Å². The topological polar surface area (TPSA) is 79.3 Å². The van der Waals surface area contributed by atoms with E-state index in [4.69, 9.17) is 0 Å². The van der Waals surface area contributed by atoms with E-state index < -0.39 is 0 Å². The minimum Gasteiger partial charge on any atom is -0.349 e. The van der Waals surface area contributed by atoms with E-state index >= 15 is 0 Å². The molecule has 2 N–H and O–H groups in total. The number of carbonyl (C=O) groups is 1. The number of aromatic amines is 1. The van der Waals surface area contributed by atoms with Gasteiger partial charge in [-0.05, 0) is 25.0 Å². The van der Waals surface area contributed by atoms with Gasteiger partial charge in [0, 0.05) is 12.2 Å². The molecule has 2 aromatic heterocycles. The van der Waals surface area contributed by atoms with Gasteiger partial charge in [-0.2, -0.15) is 5.10 Å². The first kappa shape index (κ1) is 11.0. The Morgan fingerprint density at radius 1 is 1.39 bits per heavy atom. The predicted molar refractivity (Wildman–Crippen MR) is 65.5 cm³/mol. The largest absolute Gasteiger partial charge is 0.349 e. The molecule has 2 aromatic rings.